The van der Waals surface area contributed by atoms with E-state index >= 15 is 0 Å². The summed E-state index contributed by atoms with van der Waals surface area (Å²) in [5.41, 5.74) is 8.43. The monoisotopic (exact) mass is 428 g/mol. The van der Waals surface area contributed by atoms with Gasteiger partial charge < -0.3 is 11.1 Å². The van der Waals surface area contributed by atoms with E-state index in [1.54, 1.807) is 18.2 Å². The quantitative estimate of drug-likeness (QED) is 0.709. The van der Waals surface area contributed by atoms with Crippen molar-refractivity contribution in [2.45, 2.75) is 5.92 Å². The number of rotatable bonds is 5. The Balaban J connectivity index is 0.00000256. The van der Waals surface area contributed by atoms with Crippen LogP contribution in [-0.2, 0) is 4.79 Å². The number of amides is 3. The van der Waals surface area contributed by atoms with Gasteiger partial charge in [0, 0.05) is 31.7 Å². The maximum atomic E-state index is 12.6. The lowest BCUT2D eigenvalue weighted by molar-refractivity contribution is -0.117. The largest absolute Gasteiger partial charge is 0.330 e. The molecule has 30 heavy (non-hydrogen) atoms. The van der Waals surface area contributed by atoms with Gasteiger partial charge in [-0.25, -0.2) is 0 Å². The summed E-state index contributed by atoms with van der Waals surface area (Å²) in [5.74, 6) is -0.200. The molecule has 2 aromatic rings. The number of anilines is 1. The molecule has 1 fully saturated rings. The lowest BCUT2D eigenvalue weighted by Crippen LogP contribution is -2.32. The third-order valence-corrected chi connectivity index (χ3v) is 5.79. The summed E-state index contributed by atoms with van der Waals surface area (Å²) in [7, 11) is 1.45. The van der Waals surface area contributed by atoms with Crippen molar-refractivity contribution in [3.8, 4) is 0 Å². The molecule has 0 unspecified atom stereocenters. The molecular formula is C22H25ClN4O3. The van der Waals surface area contributed by atoms with Gasteiger partial charge in [0.05, 0.1) is 17.7 Å². The maximum Gasteiger partial charge on any atom is 0.261 e. The van der Waals surface area contributed by atoms with Crippen molar-refractivity contribution in [2.24, 2.45) is 11.7 Å². The first-order valence-corrected chi connectivity index (χ1v) is 9.71. The van der Waals surface area contributed by atoms with Crippen LogP contribution < -0.4 is 11.1 Å². The number of nitrogens with one attached hydrogen (secondary N) is 1. The van der Waals surface area contributed by atoms with E-state index in [9.17, 15) is 14.4 Å². The van der Waals surface area contributed by atoms with Gasteiger partial charge in [-0.2, -0.15) is 0 Å². The molecule has 2 aliphatic rings. The number of hydrogen-bond acceptors (Lipinski definition) is 5. The van der Waals surface area contributed by atoms with Gasteiger partial charge in [-0.1, -0.05) is 30.3 Å². The Morgan fingerprint density at radius 2 is 1.77 bits per heavy atom. The summed E-state index contributed by atoms with van der Waals surface area (Å²) in [4.78, 5) is 39.9. The van der Waals surface area contributed by atoms with Crippen LogP contribution in [0.4, 0.5) is 5.69 Å². The third kappa shape index (κ3) is 4.09. The Kier molecular flexibility index (Phi) is 6.55. The highest BCUT2D eigenvalue weighted by Crippen LogP contribution is 2.32. The molecule has 2 aromatic carbocycles. The van der Waals surface area contributed by atoms with Gasteiger partial charge in [-0.3, -0.25) is 24.2 Å². The number of hydrogen-bond donors (Lipinski definition) is 2. The lowest BCUT2D eigenvalue weighted by Gasteiger charge is -2.16. The number of benzene rings is 2. The molecule has 0 radical (unpaired) electrons. The first-order valence-electron chi connectivity index (χ1n) is 9.71. The van der Waals surface area contributed by atoms with E-state index in [4.69, 9.17) is 5.73 Å². The zero-order valence-corrected chi connectivity index (χ0v) is 17.5. The summed E-state index contributed by atoms with van der Waals surface area (Å²) in [6.07, 6.45) is 0. The van der Waals surface area contributed by atoms with E-state index in [-0.39, 0.29) is 36.7 Å². The Morgan fingerprint density at radius 3 is 2.47 bits per heavy atom. The Hall–Kier alpha value is -2.74. The third-order valence-electron chi connectivity index (χ3n) is 5.79. The second-order valence-corrected chi connectivity index (χ2v) is 7.68. The van der Waals surface area contributed by atoms with E-state index in [1.165, 1.54) is 12.6 Å². The van der Waals surface area contributed by atoms with Crippen molar-refractivity contribution >= 4 is 35.8 Å². The second kappa shape index (κ2) is 8.95. The predicted molar refractivity (Wildman–Crippen MR) is 117 cm³/mol. The Bertz CT molecular complexity index is 966. The number of imide groups is 1. The zero-order valence-electron chi connectivity index (χ0n) is 16.7. The van der Waals surface area contributed by atoms with Gasteiger partial charge in [-0.05, 0) is 36.2 Å². The fourth-order valence-electron chi connectivity index (χ4n) is 4.25. The summed E-state index contributed by atoms with van der Waals surface area (Å²) < 4.78 is 0. The average Bonchev–Trinajstić information content (AvgIpc) is 3.23. The maximum absolute atomic E-state index is 12.6. The molecular weight excluding hydrogens is 404 g/mol. The molecule has 0 aliphatic carbocycles. The van der Waals surface area contributed by atoms with E-state index in [0.29, 0.717) is 35.2 Å². The molecule has 0 saturated carbocycles. The zero-order chi connectivity index (χ0) is 20.5. The van der Waals surface area contributed by atoms with Crippen molar-refractivity contribution in [2.75, 3.05) is 38.5 Å². The van der Waals surface area contributed by atoms with Crippen LogP contribution in [0.3, 0.4) is 0 Å². The van der Waals surface area contributed by atoms with Crippen LogP contribution in [-0.4, -0.2) is 60.7 Å². The fraction of sp³-hybridized carbons (Fsp3) is 0.318. The van der Waals surface area contributed by atoms with Crippen molar-refractivity contribution in [3.05, 3.63) is 65.2 Å². The van der Waals surface area contributed by atoms with Crippen LogP contribution in [0.15, 0.2) is 48.5 Å². The SMILES string of the molecule is CN1C(=O)c2ccc(NC(=O)CN3C[C@@H](CN)[C@H](c4ccccc4)C3)cc2C1=O.Cl. The Labute approximate surface area is 181 Å². The first-order chi connectivity index (χ1) is 14.0. The normalized spacial score (nSPS) is 20.8. The molecule has 3 amide bonds. The van der Waals surface area contributed by atoms with Gasteiger partial charge in [0.2, 0.25) is 5.91 Å². The van der Waals surface area contributed by atoms with E-state index in [2.05, 4.69) is 22.3 Å². The minimum Gasteiger partial charge on any atom is -0.330 e. The van der Waals surface area contributed by atoms with E-state index in [0.717, 1.165) is 18.0 Å². The number of nitrogens with two attached hydrogens (primary N) is 1. The van der Waals surface area contributed by atoms with Gasteiger partial charge in [0.15, 0.2) is 0 Å². The Morgan fingerprint density at radius 1 is 1.07 bits per heavy atom. The van der Waals surface area contributed by atoms with E-state index in [1.807, 2.05) is 18.2 Å². The van der Waals surface area contributed by atoms with Gasteiger partial charge >= 0.3 is 0 Å². The van der Waals surface area contributed by atoms with Crippen molar-refractivity contribution < 1.29 is 14.4 Å². The summed E-state index contributed by atoms with van der Waals surface area (Å²) in [6.45, 7) is 2.38. The minimum absolute atomic E-state index is 0. The molecule has 3 N–H and O–H groups in total. The molecule has 1 saturated heterocycles. The standard InChI is InChI=1S/C22H24N4O3.ClH/c1-25-21(28)17-8-7-16(9-18(17)22(25)29)24-20(27)13-26-11-15(10-23)19(12-26)14-5-3-2-4-6-14;/h2-9,15,19H,10-13,23H2,1H3,(H,24,27);1H/t15-,19+;/m1./s1. The molecule has 4 rings (SSSR count). The number of halogens is 1. The predicted octanol–water partition coefficient (Wildman–Crippen LogP) is 1.95. The number of likely N-dealkylation sites (tertiary alicyclic amines) is 1. The van der Waals surface area contributed by atoms with Gasteiger partial charge in [0.25, 0.3) is 11.8 Å². The highest BCUT2D eigenvalue weighted by Gasteiger charge is 2.34. The molecule has 2 heterocycles. The molecule has 7 nitrogen and oxygen atoms in total. The fourth-order valence-corrected chi connectivity index (χ4v) is 4.25. The number of carbonyl (C=O) groups is 3. The highest BCUT2D eigenvalue weighted by atomic mass is 35.5. The van der Waals surface area contributed by atoms with Crippen LogP contribution in [0.1, 0.15) is 32.2 Å². The summed E-state index contributed by atoms with van der Waals surface area (Å²) >= 11 is 0. The summed E-state index contributed by atoms with van der Waals surface area (Å²) in [6, 6.07) is 15.1. The minimum atomic E-state index is -0.350. The second-order valence-electron chi connectivity index (χ2n) is 7.68. The molecule has 0 spiro atoms. The smallest absolute Gasteiger partial charge is 0.261 e. The molecule has 158 valence electrons. The van der Waals surface area contributed by atoms with Crippen molar-refractivity contribution in [1.29, 1.82) is 0 Å². The number of nitrogens with zero attached hydrogens (tertiary/aromatic N) is 2. The number of carbonyl (C=O) groups excluding carboxylic acids is 3. The first kappa shape index (κ1) is 22.0. The summed E-state index contributed by atoms with van der Waals surface area (Å²) in [5, 5.41) is 2.84. The lowest BCUT2D eigenvalue weighted by atomic mass is 9.89. The molecule has 0 aromatic heterocycles. The van der Waals surface area contributed by atoms with Crippen LogP contribution in [0.5, 0.6) is 0 Å². The highest BCUT2D eigenvalue weighted by molar-refractivity contribution is 6.21. The molecule has 2 atom stereocenters. The molecule has 0 bridgehead atoms. The van der Waals surface area contributed by atoms with Crippen molar-refractivity contribution in [3.63, 3.8) is 0 Å². The average molecular weight is 429 g/mol. The van der Waals surface area contributed by atoms with E-state index < -0.39 is 0 Å². The topological polar surface area (TPSA) is 95.7 Å². The molecule has 2 aliphatic heterocycles. The van der Waals surface area contributed by atoms with Crippen LogP contribution in [0, 0.1) is 5.92 Å². The van der Waals surface area contributed by atoms with Crippen molar-refractivity contribution in [1.82, 2.24) is 9.80 Å². The molecule has 8 heteroatoms. The van der Waals surface area contributed by atoms with Crippen LogP contribution in [0.2, 0.25) is 0 Å². The van der Waals surface area contributed by atoms with Gasteiger partial charge in [-0.15, -0.1) is 12.4 Å². The van der Waals surface area contributed by atoms with Crippen LogP contribution in [0.25, 0.3) is 0 Å². The van der Waals surface area contributed by atoms with Gasteiger partial charge in [0.1, 0.15) is 0 Å². The number of fused-ring (bicyclic) bond motifs is 1. The van der Waals surface area contributed by atoms with Crippen LogP contribution >= 0.6 is 12.4 Å².